The van der Waals surface area contributed by atoms with Gasteiger partial charge in [0, 0.05) is 36.5 Å². The van der Waals surface area contributed by atoms with Crippen molar-refractivity contribution in [2.24, 2.45) is 17.8 Å². The Balaban J connectivity index is 1.15. The number of likely N-dealkylation sites (tertiary alicyclic amines) is 1. The molecule has 1 amide bonds. The van der Waals surface area contributed by atoms with Crippen LogP contribution in [0.4, 0.5) is 0 Å². The number of aromatic nitrogens is 1. The minimum Gasteiger partial charge on any atom is -0.478 e. The van der Waals surface area contributed by atoms with Crippen LogP contribution in [0.15, 0.2) is 40.7 Å². The quantitative estimate of drug-likeness (QED) is 0.618. The average molecular weight is 449 g/mol. The van der Waals surface area contributed by atoms with Gasteiger partial charge in [-0.3, -0.25) is 4.79 Å². The Labute approximate surface area is 182 Å². The number of carbonyl (C=O) groups is 1. The molecule has 2 unspecified atom stereocenters. The first-order valence-electron chi connectivity index (χ1n) is 10.5. The molecule has 2 aromatic heterocycles. The number of amides is 1. The molecule has 6 nitrogen and oxygen atoms in total. The van der Waals surface area contributed by atoms with Crippen molar-refractivity contribution in [1.82, 2.24) is 9.88 Å². The molecule has 3 heterocycles. The van der Waals surface area contributed by atoms with E-state index in [1.165, 1.54) is 24.9 Å². The smallest absolute Gasteiger partial charge is 0.227 e. The van der Waals surface area contributed by atoms with Gasteiger partial charge in [0.05, 0.1) is 17.9 Å². The maximum absolute atomic E-state index is 12.5. The summed E-state index contributed by atoms with van der Waals surface area (Å²) in [6, 6.07) is 7.17. The number of hydrogen-bond donors (Lipinski definition) is 0. The van der Waals surface area contributed by atoms with E-state index in [9.17, 15) is 13.2 Å². The zero-order chi connectivity index (χ0) is 21.1. The zero-order valence-electron chi connectivity index (χ0n) is 17.2. The number of nitrogens with zero attached hydrogens (tertiary/aromatic N) is 2. The molecule has 2 atom stereocenters. The lowest BCUT2D eigenvalue weighted by Crippen LogP contribution is -2.39. The summed E-state index contributed by atoms with van der Waals surface area (Å²) in [5, 5.41) is 2.02. The molecule has 2 aromatic rings. The van der Waals surface area contributed by atoms with Gasteiger partial charge < -0.3 is 9.64 Å². The minimum absolute atomic E-state index is 0.206. The number of rotatable bonds is 8. The summed E-state index contributed by atoms with van der Waals surface area (Å²) < 4.78 is 28.6. The van der Waals surface area contributed by atoms with E-state index in [1.54, 1.807) is 17.4 Å². The van der Waals surface area contributed by atoms with Gasteiger partial charge in [-0.25, -0.2) is 13.4 Å². The molecule has 1 saturated heterocycles. The third-order valence-electron chi connectivity index (χ3n) is 6.26. The summed E-state index contributed by atoms with van der Waals surface area (Å²) in [5.41, 5.74) is 0. The van der Waals surface area contributed by atoms with Crippen LogP contribution in [0.25, 0.3) is 0 Å². The summed E-state index contributed by atoms with van der Waals surface area (Å²) in [6.07, 6.45) is 7.50. The fraction of sp³-hybridized carbons (Fsp3) is 0.545. The Hall–Kier alpha value is -1.93. The van der Waals surface area contributed by atoms with Crippen molar-refractivity contribution < 1.29 is 17.9 Å². The first kappa shape index (κ1) is 21.3. The highest BCUT2D eigenvalue weighted by Crippen LogP contribution is 2.49. The van der Waals surface area contributed by atoms with Crippen molar-refractivity contribution >= 4 is 27.1 Å². The van der Waals surface area contributed by atoms with Gasteiger partial charge in [-0.15, -0.1) is 11.3 Å². The van der Waals surface area contributed by atoms with Gasteiger partial charge in [0.25, 0.3) is 0 Å². The zero-order valence-corrected chi connectivity index (χ0v) is 18.8. The van der Waals surface area contributed by atoms with Crippen LogP contribution in [-0.4, -0.2) is 50.2 Å². The van der Waals surface area contributed by atoms with Crippen molar-refractivity contribution in [3.8, 4) is 5.88 Å². The predicted octanol–water partition coefficient (Wildman–Crippen LogP) is 3.43. The van der Waals surface area contributed by atoms with Gasteiger partial charge >= 0.3 is 0 Å². The Morgan fingerprint density at radius 2 is 2.07 bits per heavy atom. The molecule has 2 fully saturated rings. The summed E-state index contributed by atoms with van der Waals surface area (Å²) in [4.78, 5) is 19.9. The van der Waals surface area contributed by atoms with Crippen LogP contribution in [-0.2, 0) is 21.1 Å². The van der Waals surface area contributed by atoms with Crippen molar-refractivity contribution in [2.75, 3.05) is 26.0 Å². The number of ether oxygens (including phenoxy) is 1. The minimum atomic E-state index is -3.23. The summed E-state index contributed by atoms with van der Waals surface area (Å²) >= 11 is 1.65. The highest BCUT2D eigenvalue weighted by Gasteiger charge is 2.43. The molecule has 0 aromatic carbocycles. The van der Waals surface area contributed by atoms with E-state index in [-0.39, 0.29) is 10.8 Å². The molecule has 0 radical (unpaired) electrons. The number of sulfone groups is 1. The van der Waals surface area contributed by atoms with Crippen molar-refractivity contribution in [2.45, 2.75) is 37.0 Å². The van der Waals surface area contributed by atoms with Crippen LogP contribution < -0.4 is 4.74 Å². The normalized spacial score (nSPS) is 22.1. The summed E-state index contributed by atoms with van der Waals surface area (Å²) in [5.74, 6) is 2.89. The lowest BCUT2D eigenvalue weighted by atomic mass is 9.90. The van der Waals surface area contributed by atoms with Gasteiger partial charge in [0.2, 0.25) is 11.8 Å². The largest absolute Gasteiger partial charge is 0.478 e. The fourth-order valence-electron chi connectivity index (χ4n) is 4.42. The van der Waals surface area contributed by atoms with E-state index in [0.717, 1.165) is 43.1 Å². The second-order valence-corrected chi connectivity index (χ2v) is 11.4. The topological polar surface area (TPSA) is 76.6 Å². The lowest BCUT2D eigenvalue weighted by Gasteiger charge is -2.32. The second-order valence-electron chi connectivity index (χ2n) is 8.38. The van der Waals surface area contributed by atoms with Crippen molar-refractivity contribution in [1.29, 1.82) is 0 Å². The molecule has 0 N–H and O–H groups in total. The molecule has 0 bridgehead atoms. The summed E-state index contributed by atoms with van der Waals surface area (Å²) in [7, 11) is -3.23. The van der Waals surface area contributed by atoms with Crippen LogP contribution in [0.3, 0.4) is 0 Å². The number of hydrogen-bond acceptors (Lipinski definition) is 6. The van der Waals surface area contributed by atoms with Crippen LogP contribution in [0.2, 0.25) is 0 Å². The molecular weight excluding hydrogens is 420 g/mol. The van der Waals surface area contributed by atoms with Crippen molar-refractivity contribution in [3.05, 3.63) is 40.7 Å². The van der Waals surface area contributed by atoms with Crippen LogP contribution in [0.1, 0.15) is 30.6 Å². The van der Waals surface area contributed by atoms with E-state index in [4.69, 9.17) is 4.74 Å². The average Bonchev–Trinajstić information content (AvgIpc) is 3.31. The molecular formula is C22H28N2O4S2. The van der Waals surface area contributed by atoms with E-state index in [1.807, 2.05) is 22.4 Å². The van der Waals surface area contributed by atoms with Gasteiger partial charge in [-0.05, 0) is 60.9 Å². The summed E-state index contributed by atoms with van der Waals surface area (Å²) in [6.45, 7) is 2.36. The van der Waals surface area contributed by atoms with Crippen LogP contribution in [0, 0.1) is 17.8 Å². The maximum atomic E-state index is 12.5. The van der Waals surface area contributed by atoms with Gasteiger partial charge in [0.15, 0.2) is 9.84 Å². The van der Waals surface area contributed by atoms with Gasteiger partial charge in [0.1, 0.15) is 0 Å². The molecule has 2 aliphatic rings. The third kappa shape index (κ3) is 5.40. The SMILES string of the molecule is CS(=O)(=O)c1ccc(OCCC2CC2C2CCN(C(=O)Cc3cccs3)CC2)nc1. The van der Waals surface area contributed by atoms with Crippen molar-refractivity contribution in [3.63, 3.8) is 0 Å². The van der Waals surface area contributed by atoms with Crippen LogP contribution >= 0.6 is 11.3 Å². The highest BCUT2D eigenvalue weighted by atomic mass is 32.2. The van der Waals surface area contributed by atoms with Gasteiger partial charge in [-0.1, -0.05) is 6.07 Å². The lowest BCUT2D eigenvalue weighted by molar-refractivity contribution is -0.131. The first-order chi connectivity index (χ1) is 14.4. The standard InChI is InChI=1S/C22H28N2O4S2/c1-30(26,27)19-4-5-21(23-15-19)28-11-8-17-13-20(17)16-6-9-24(10-7-16)22(25)14-18-3-2-12-29-18/h2-5,12,15-17,20H,6-11,13-14H2,1H3. The maximum Gasteiger partial charge on any atom is 0.227 e. The second kappa shape index (κ2) is 9.06. The fourth-order valence-corrected chi connectivity index (χ4v) is 5.67. The molecule has 1 saturated carbocycles. The Bertz CT molecular complexity index is 950. The number of piperidine rings is 1. The van der Waals surface area contributed by atoms with E-state index >= 15 is 0 Å². The third-order valence-corrected chi connectivity index (χ3v) is 8.23. The first-order valence-corrected chi connectivity index (χ1v) is 13.3. The monoisotopic (exact) mass is 448 g/mol. The Kier molecular flexibility index (Phi) is 6.43. The molecule has 1 aliphatic carbocycles. The van der Waals surface area contributed by atoms with E-state index in [2.05, 4.69) is 4.98 Å². The number of pyridine rings is 1. The molecule has 30 heavy (non-hydrogen) atoms. The Morgan fingerprint density at radius 1 is 1.27 bits per heavy atom. The highest BCUT2D eigenvalue weighted by molar-refractivity contribution is 7.90. The Morgan fingerprint density at radius 3 is 2.70 bits per heavy atom. The molecule has 1 aliphatic heterocycles. The molecule has 0 spiro atoms. The number of thiophene rings is 1. The van der Waals surface area contributed by atoms with Crippen LogP contribution in [0.5, 0.6) is 5.88 Å². The molecule has 162 valence electrons. The molecule has 4 rings (SSSR count). The van der Waals surface area contributed by atoms with E-state index in [0.29, 0.717) is 30.7 Å². The van der Waals surface area contributed by atoms with Gasteiger partial charge in [-0.2, -0.15) is 0 Å². The predicted molar refractivity (Wildman–Crippen MR) is 116 cm³/mol. The van der Waals surface area contributed by atoms with E-state index < -0.39 is 9.84 Å². The molecule has 8 heteroatoms. The number of carbonyl (C=O) groups excluding carboxylic acids is 1.